The molecule has 0 bridgehead atoms. The summed E-state index contributed by atoms with van der Waals surface area (Å²) in [6.45, 7) is 8.87. The average Bonchev–Trinajstić information content (AvgIpc) is 3.44. The van der Waals surface area contributed by atoms with E-state index in [9.17, 15) is 9.59 Å². The Morgan fingerprint density at radius 2 is 2.10 bits per heavy atom. The van der Waals surface area contributed by atoms with Crippen LogP contribution in [0.15, 0.2) is 24.4 Å². The molecule has 2 aromatic heterocycles. The van der Waals surface area contributed by atoms with E-state index in [2.05, 4.69) is 28.3 Å². The van der Waals surface area contributed by atoms with Crippen molar-refractivity contribution in [1.29, 1.82) is 0 Å². The predicted molar refractivity (Wildman–Crippen MR) is 117 cm³/mol. The number of carbonyl (C=O) groups excluding carboxylic acids is 2. The van der Waals surface area contributed by atoms with Gasteiger partial charge in [-0.05, 0) is 63.3 Å². The quantitative estimate of drug-likeness (QED) is 0.773. The van der Waals surface area contributed by atoms with E-state index in [0.717, 1.165) is 35.9 Å². The summed E-state index contributed by atoms with van der Waals surface area (Å²) in [5.41, 5.74) is 2.48. The van der Waals surface area contributed by atoms with Crippen LogP contribution >= 0.6 is 0 Å². The summed E-state index contributed by atoms with van der Waals surface area (Å²) in [4.78, 5) is 34.3. The van der Waals surface area contributed by atoms with Crippen molar-refractivity contribution in [2.24, 2.45) is 11.8 Å². The summed E-state index contributed by atoms with van der Waals surface area (Å²) >= 11 is 0. The van der Waals surface area contributed by atoms with E-state index in [-0.39, 0.29) is 23.8 Å². The largest absolute Gasteiger partial charge is 0.444 e. The Morgan fingerprint density at radius 1 is 1.33 bits per heavy atom. The van der Waals surface area contributed by atoms with Crippen molar-refractivity contribution < 1.29 is 14.3 Å². The van der Waals surface area contributed by atoms with E-state index in [1.807, 2.05) is 39.1 Å². The van der Waals surface area contributed by atoms with E-state index >= 15 is 0 Å². The number of hydrogen-bond donors (Lipinski definition) is 2. The number of aromatic nitrogens is 2. The minimum absolute atomic E-state index is 0.0418. The number of nitrogens with zero attached hydrogens (tertiary/aromatic N) is 2. The smallest absolute Gasteiger partial charge is 0.410 e. The molecule has 2 aromatic rings. The minimum atomic E-state index is -0.514. The van der Waals surface area contributed by atoms with Gasteiger partial charge in [-0.25, -0.2) is 9.78 Å². The molecule has 1 aliphatic heterocycles. The van der Waals surface area contributed by atoms with E-state index in [1.165, 1.54) is 5.57 Å². The van der Waals surface area contributed by atoms with Crippen LogP contribution in [0.2, 0.25) is 0 Å². The van der Waals surface area contributed by atoms with E-state index in [1.54, 1.807) is 4.90 Å². The average molecular weight is 411 g/mol. The molecular formula is C23H30N4O3. The lowest BCUT2D eigenvalue weighted by Crippen LogP contribution is -2.42. The lowest BCUT2D eigenvalue weighted by atomic mass is 9.86. The van der Waals surface area contributed by atoms with Gasteiger partial charge in [-0.2, -0.15) is 0 Å². The van der Waals surface area contributed by atoms with Gasteiger partial charge >= 0.3 is 6.09 Å². The van der Waals surface area contributed by atoms with Crippen molar-refractivity contribution in [3.05, 3.63) is 30.0 Å². The number of pyridine rings is 1. The second-order valence-electron chi connectivity index (χ2n) is 9.21. The number of aromatic amines is 1. The minimum Gasteiger partial charge on any atom is -0.444 e. The number of anilines is 1. The van der Waals surface area contributed by atoms with Crippen molar-refractivity contribution in [3.63, 3.8) is 0 Å². The first-order valence-electron chi connectivity index (χ1n) is 10.7. The van der Waals surface area contributed by atoms with E-state index in [4.69, 9.17) is 4.74 Å². The maximum atomic E-state index is 12.5. The van der Waals surface area contributed by atoms with Gasteiger partial charge in [0, 0.05) is 36.5 Å². The van der Waals surface area contributed by atoms with E-state index in [0.29, 0.717) is 18.9 Å². The summed E-state index contributed by atoms with van der Waals surface area (Å²) in [6, 6.07) is 3.98. The molecule has 1 unspecified atom stereocenters. The maximum Gasteiger partial charge on any atom is 0.410 e. The van der Waals surface area contributed by atoms with Gasteiger partial charge in [-0.15, -0.1) is 0 Å². The van der Waals surface area contributed by atoms with Crippen molar-refractivity contribution in [1.82, 2.24) is 14.9 Å². The standard InChI is InChI=1S/C23H30N4O3/c1-5-14-13-27(22(29)30-23(2,3)4)11-9-16(14)18-12-19(26-21(28)15-6-7-15)25-20-17(18)8-10-24-20/h8-10,12,14-15H,5-7,11,13H2,1-4H3,(H2,24,25,26,28). The Bertz CT molecular complexity index is 998. The lowest BCUT2D eigenvalue weighted by molar-refractivity contribution is -0.117. The topological polar surface area (TPSA) is 87.3 Å². The molecule has 7 heteroatoms. The van der Waals surface area contributed by atoms with Crippen LogP contribution < -0.4 is 5.32 Å². The maximum absolute atomic E-state index is 12.5. The van der Waals surface area contributed by atoms with Gasteiger partial charge in [0.2, 0.25) is 5.91 Å². The number of carbonyl (C=O) groups is 2. The lowest BCUT2D eigenvalue weighted by Gasteiger charge is -2.34. The first kappa shape index (κ1) is 20.4. The Kier molecular flexibility index (Phi) is 5.30. The molecule has 2 N–H and O–H groups in total. The molecule has 1 fully saturated rings. The second-order valence-corrected chi connectivity index (χ2v) is 9.21. The summed E-state index contributed by atoms with van der Waals surface area (Å²) in [7, 11) is 0. The van der Waals surface area contributed by atoms with Crippen LogP contribution in [0.3, 0.4) is 0 Å². The van der Waals surface area contributed by atoms with Gasteiger partial charge in [0.25, 0.3) is 0 Å². The third kappa shape index (κ3) is 4.35. The SMILES string of the molecule is CCC1CN(C(=O)OC(C)(C)C)CC=C1c1cc(NC(=O)C2CC2)nc2[nH]ccc12. The molecule has 2 amide bonds. The van der Waals surface area contributed by atoms with Crippen LogP contribution in [0.1, 0.15) is 52.5 Å². The van der Waals surface area contributed by atoms with Crippen LogP contribution in [-0.2, 0) is 9.53 Å². The molecule has 3 heterocycles. The summed E-state index contributed by atoms with van der Waals surface area (Å²) < 4.78 is 5.56. The fraction of sp³-hybridized carbons (Fsp3) is 0.522. The first-order chi connectivity index (χ1) is 14.2. The summed E-state index contributed by atoms with van der Waals surface area (Å²) in [5, 5.41) is 3.99. The number of H-pyrrole nitrogens is 1. The van der Waals surface area contributed by atoms with Crippen molar-refractivity contribution in [2.45, 2.75) is 52.6 Å². The molecule has 160 valence electrons. The molecule has 1 aliphatic carbocycles. The zero-order valence-corrected chi connectivity index (χ0v) is 18.1. The third-order valence-corrected chi connectivity index (χ3v) is 5.60. The molecule has 4 rings (SSSR count). The molecule has 1 atom stereocenters. The van der Waals surface area contributed by atoms with Crippen LogP contribution in [0.5, 0.6) is 0 Å². The number of amides is 2. The monoisotopic (exact) mass is 410 g/mol. The van der Waals surface area contributed by atoms with Gasteiger partial charge in [0.1, 0.15) is 17.1 Å². The molecule has 2 aliphatic rings. The highest BCUT2D eigenvalue weighted by molar-refractivity contribution is 5.97. The zero-order chi connectivity index (χ0) is 21.5. The van der Waals surface area contributed by atoms with Gasteiger partial charge in [0.05, 0.1) is 0 Å². The van der Waals surface area contributed by atoms with Crippen LogP contribution in [0.4, 0.5) is 10.6 Å². The normalized spacial score (nSPS) is 19.5. The summed E-state index contributed by atoms with van der Waals surface area (Å²) in [6.07, 6.45) is 6.49. The highest BCUT2D eigenvalue weighted by Gasteiger charge is 2.31. The molecular weight excluding hydrogens is 380 g/mol. The fourth-order valence-corrected chi connectivity index (χ4v) is 3.88. The molecule has 7 nitrogen and oxygen atoms in total. The highest BCUT2D eigenvalue weighted by Crippen LogP contribution is 2.36. The second kappa shape index (κ2) is 7.78. The molecule has 1 saturated carbocycles. The van der Waals surface area contributed by atoms with Crippen LogP contribution in [0.25, 0.3) is 16.6 Å². The zero-order valence-electron chi connectivity index (χ0n) is 18.1. The van der Waals surface area contributed by atoms with Crippen molar-refractivity contribution >= 4 is 34.4 Å². The van der Waals surface area contributed by atoms with Crippen molar-refractivity contribution in [3.8, 4) is 0 Å². The van der Waals surface area contributed by atoms with Gasteiger partial charge < -0.3 is 19.9 Å². The van der Waals surface area contributed by atoms with Crippen LogP contribution in [-0.4, -0.2) is 45.6 Å². The Labute approximate surface area is 176 Å². The summed E-state index contributed by atoms with van der Waals surface area (Å²) in [5.74, 6) is 0.912. The van der Waals surface area contributed by atoms with E-state index < -0.39 is 5.60 Å². The molecule has 30 heavy (non-hydrogen) atoms. The van der Waals surface area contributed by atoms with Gasteiger partial charge in [0.15, 0.2) is 0 Å². The molecule has 0 aromatic carbocycles. The van der Waals surface area contributed by atoms with Gasteiger partial charge in [-0.1, -0.05) is 13.0 Å². The fourth-order valence-electron chi connectivity index (χ4n) is 3.88. The number of rotatable bonds is 4. The van der Waals surface area contributed by atoms with Crippen molar-refractivity contribution in [2.75, 3.05) is 18.4 Å². The molecule has 0 saturated heterocycles. The molecule has 0 radical (unpaired) electrons. The van der Waals surface area contributed by atoms with Crippen LogP contribution in [0, 0.1) is 11.8 Å². The number of ether oxygens (including phenoxy) is 1. The Hall–Kier alpha value is -2.83. The first-order valence-corrected chi connectivity index (χ1v) is 10.7. The molecule has 0 spiro atoms. The predicted octanol–water partition coefficient (Wildman–Crippen LogP) is 4.57. The highest BCUT2D eigenvalue weighted by atomic mass is 16.6. The Balaban J connectivity index is 1.64. The third-order valence-electron chi connectivity index (χ3n) is 5.60. The number of nitrogens with one attached hydrogen (secondary N) is 2. The van der Waals surface area contributed by atoms with Gasteiger partial charge in [-0.3, -0.25) is 4.79 Å². The number of hydrogen-bond acceptors (Lipinski definition) is 4. The Morgan fingerprint density at radius 3 is 2.77 bits per heavy atom. The number of fused-ring (bicyclic) bond motifs is 1.